The Kier molecular flexibility index (Phi) is 3.51. The average Bonchev–Trinajstić information content (AvgIpc) is 2.95. The summed E-state index contributed by atoms with van der Waals surface area (Å²) in [5, 5.41) is 20.2. The van der Waals surface area contributed by atoms with Gasteiger partial charge in [-0.05, 0) is 18.2 Å². The lowest BCUT2D eigenvalue weighted by Crippen LogP contribution is -2.30. The van der Waals surface area contributed by atoms with Gasteiger partial charge in [0.25, 0.3) is 0 Å². The van der Waals surface area contributed by atoms with E-state index in [0.717, 1.165) is 10.6 Å². The Morgan fingerprint density at radius 1 is 1.33 bits per heavy atom. The number of nitrogens with one attached hydrogen (secondary N) is 1. The van der Waals surface area contributed by atoms with Crippen molar-refractivity contribution in [2.75, 3.05) is 5.32 Å². The first-order chi connectivity index (χ1) is 11.1. The third-order valence-electron chi connectivity index (χ3n) is 3.60. The molecule has 0 aliphatic carbocycles. The fourth-order valence-corrected chi connectivity index (χ4v) is 2.67. The second-order valence-corrected chi connectivity index (χ2v) is 5.51. The van der Waals surface area contributed by atoms with Crippen LogP contribution in [-0.4, -0.2) is 15.7 Å². The molecule has 0 saturated heterocycles. The molecule has 0 amide bonds. The van der Waals surface area contributed by atoms with Crippen LogP contribution in [0.3, 0.4) is 0 Å². The molecule has 0 spiro atoms. The maximum atomic E-state index is 13.6. The van der Waals surface area contributed by atoms with E-state index in [2.05, 4.69) is 0 Å². The molecule has 1 aromatic carbocycles. The van der Waals surface area contributed by atoms with Gasteiger partial charge in [-0.1, -0.05) is 11.6 Å². The van der Waals surface area contributed by atoms with E-state index in [4.69, 9.17) is 16.9 Å². The van der Waals surface area contributed by atoms with Crippen molar-refractivity contribution in [1.29, 1.82) is 5.26 Å². The first-order valence-electron chi connectivity index (χ1n) is 6.43. The smallest absolute Gasteiger partial charge is 0.380 e. The Hall–Kier alpha value is -2.31. The van der Waals surface area contributed by atoms with E-state index < -0.39 is 35.3 Å². The SMILES string of the molecule is N#Cc1cc(-n2cc(C(F)(F)F)c3c2NC(F)(F)C3O)ccc1Cl. The van der Waals surface area contributed by atoms with Gasteiger partial charge in [0.15, 0.2) is 6.10 Å². The fraction of sp³-hybridized carbons (Fsp3) is 0.214. The average molecular weight is 364 g/mol. The summed E-state index contributed by atoms with van der Waals surface area (Å²) in [6, 6.07) is 1.50. The monoisotopic (exact) mass is 363 g/mol. The van der Waals surface area contributed by atoms with E-state index in [0.29, 0.717) is 6.20 Å². The van der Waals surface area contributed by atoms with Crippen LogP contribution in [0, 0.1) is 11.3 Å². The number of nitrogens with zero attached hydrogens (tertiary/aromatic N) is 2. The molecule has 1 atom stereocenters. The summed E-state index contributed by atoms with van der Waals surface area (Å²) in [4.78, 5) is 0. The zero-order valence-corrected chi connectivity index (χ0v) is 12.3. The molecular weight excluding hydrogens is 357 g/mol. The van der Waals surface area contributed by atoms with Crippen molar-refractivity contribution >= 4 is 17.4 Å². The van der Waals surface area contributed by atoms with E-state index >= 15 is 0 Å². The van der Waals surface area contributed by atoms with E-state index in [1.54, 1.807) is 11.4 Å². The second-order valence-electron chi connectivity index (χ2n) is 5.10. The Morgan fingerprint density at radius 2 is 2.00 bits per heavy atom. The summed E-state index contributed by atoms with van der Waals surface area (Å²) in [5.74, 6) is -0.592. The standard InChI is InChI=1S/C14H7ClF5N3O/c15-9-2-1-7(3-6(9)4-21)23-5-8(13(16,17)18)10-11(24)14(19,20)22-12(10)23/h1-3,5,11,22,24H. The normalized spacial score (nSPS) is 18.8. The molecule has 0 radical (unpaired) electrons. The minimum atomic E-state index is -4.94. The van der Waals surface area contributed by atoms with Crippen LogP contribution in [0.4, 0.5) is 27.8 Å². The molecule has 3 rings (SSSR count). The Labute approximate surface area is 136 Å². The number of benzene rings is 1. The van der Waals surface area contributed by atoms with Gasteiger partial charge >= 0.3 is 12.2 Å². The second kappa shape index (κ2) is 5.09. The van der Waals surface area contributed by atoms with E-state index in [9.17, 15) is 27.1 Å². The topological polar surface area (TPSA) is 61.0 Å². The maximum absolute atomic E-state index is 13.6. The molecule has 2 N–H and O–H groups in total. The van der Waals surface area contributed by atoms with Crippen LogP contribution in [0.15, 0.2) is 24.4 Å². The highest BCUT2D eigenvalue weighted by Gasteiger charge is 2.53. The number of alkyl halides is 5. The van der Waals surface area contributed by atoms with Crippen LogP contribution in [0.25, 0.3) is 5.69 Å². The zero-order valence-electron chi connectivity index (χ0n) is 11.5. The van der Waals surface area contributed by atoms with E-state index in [1.165, 1.54) is 12.1 Å². The van der Waals surface area contributed by atoms with Gasteiger partial charge in [0.2, 0.25) is 0 Å². The molecule has 0 bridgehead atoms. The fourth-order valence-electron chi connectivity index (χ4n) is 2.51. The Bertz CT molecular complexity index is 869. The number of aliphatic hydroxyl groups excluding tert-OH is 1. The molecule has 0 fully saturated rings. The number of nitriles is 1. The number of halogens is 6. The van der Waals surface area contributed by atoms with Crippen molar-refractivity contribution in [1.82, 2.24) is 4.57 Å². The summed E-state index contributed by atoms with van der Waals surface area (Å²) >= 11 is 5.76. The third kappa shape index (κ3) is 2.39. The highest BCUT2D eigenvalue weighted by Crippen LogP contribution is 2.50. The highest BCUT2D eigenvalue weighted by atomic mass is 35.5. The van der Waals surface area contributed by atoms with Crippen molar-refractivity contribution in [2.45, 2.75) is 18.3 Å². The van der Waals surface area contributed by atoms with Gasteiger partial charge in [-0.2, -0.15) is 27.2 Å². The number of rotatable bonds is 1. The van der Waals surface area contributed by atoms with Crippen molar-refractivity contribution in [3.8, 4) is 11.8 Å². The number of aliphatic hydroxyl groups is 1. The summed E-state index contributed by atoms with van der Waals surface area (Å²) in [5.41, 5.74) is -2.35. The summed E-state index contributed by atoms with van der Waals surface area (Å²) in [6.45, 7) is 0. The van der Waals surface area contributed by atoms with Gasteiger partial charge in [-0.15, -0.1) is 0 Å². The predicted octanol–water partition coefficient (Wildman–Crippen LogP) is 4.07. The molecule has 1 aliphatic heterocycles. The molecule has 2 aromatic rings. The molecule has 0 saturated carbocycles. The van der Waals surface area contributed by atoms with Gasteiger partial charge in [-0.25, -0.2) is 0 Å². The zero-order chi connectivity index (χ0) is 17.9. The van der Waals surface area contributed by atoms with Gasteiger partial charge in [0, 0.05) is 17.4 Å². The lowest BCUT2D eigenvalue weighted by Gasteiger charge is -2.17. The molecule has 4 nitrogen and oxygen atoms in total. The first-order valence-corrected chi connectivity index (χ1v) is 6.80. The van der Waals surface area contributed by atoms with Crippen LogP contribution >= 0.6 is 11.6 Å². The Balaban J connectivity index is 2.26. The van der Waals surface area contributed by atoms with Crippen LogP contribution in [0.5, 0.6) is 0 Å². The molecule has 126 valence electrons. The van der Waals surface area contributed by atoms with Crippen molar-refractivity contribution in [3.05, 3.63) is 46.1 Å². The molecule has 10 heteroatoms. The van der Waals surface area contributed by atoms with Crippen LogP contribution in [0.2, 0.25) is 5.02 Å². The lowest BCUT2D eigenvalue weighted by atomic mass is 10.1. The quantitative estimate of drug-likeness (QED) is 0.593. The number of hydrogen-bond acceptors (Lipinski definition) is 3. The van der Waals surface area contributed by atoms with E-state index in [-0.39, 0.29) is 16.3 Å². The van der Waals surface area contributed by atoms with Crippen LogP contribution in [0.1, 0.15) is 22.8 Å². The molecule has 1 aromatic heterocycles. The van der Waals surface area contributed by atoms with Crippen LogP contribution in [-0.2, 0) is 6.18 Å². The van der Waals surface area contributed by atoms with Crippen molar-refractivity contribution < 1.29 is 27.1 Å². The maximum Gasteiger partial charge on any atom is 0.418 e. The third-order valence-corrected chi connectivity index (χ3v) is 3.93. The van der Waals surface area contributed by atoms with Gasteiger partial charge in [-0.3, -0.25) is 0 Å². The number of aromatic nitrogens is 1. The summed E-state index contributed by atoms with van der Waals surface area (Å²) < 4.78 is 67.5. The van der Waals surface area contributed by atoms with Gasteiger partial charge in [0.05, 0.1) is 16.1 Å². The van der Waals surface area contributed by atoms with Crippen molar-refractivity contribution in [3.63, 3.8) is 0 Å². The largest absolute Gasteiger partial charge is 0.418 e. The minimum Gasteiger partial charge on any atom is -0.380 e. The molecule has 2 heterocycles. The first kappa shape index (κ1) is 16.5. The van der Waals surface area contributed by atoms with Gasteiger partial charge < -0.3 is 15.0 Å². The number of fused-ring (bicyclic) bond motifs is 1. The summed E-state index contributed by atoms with van der Waals surface area (Å²) in [6.07, 6.45) is -7.00. The lowest BCUT2D eigenvalue weighted by molar-refractivity contribution is -0.141. The number of hydrogen-bond donors (Lipinski definition) is 2. The van der Waals surface area contributed by atoms with Crippen molar-refractivity contribution in [2.24, 2.45) is 0 Å². The van der Waals surface area contributed by atoms with E-state index in [1.807, 2.05) is 0 Å². The summed E-state index contributed by atoms with van der Waals surface area (Å²) in [7, 11) is 0. The molecule has 1 unspecified atom stereocenters. The molecule has 24 heavy (non-hydrogen) atoms. The molecular formula is C14H7ClF5N3O. The number of anilines is 1. The predicted molar refractivity (Wildman–Crippen MR) is 74.0 cm³/mol. The highest BCUT2D eigenvalue weighted by molar-refractivity contribution is 6.31. The Morgan fingerprint density at radius 3 is 2.58 bits per heavy atom. The van der Waals surface area contributed by atoms with Crippen LogP contribution < -0.4 is 5.32 Å². The van der Waals surface area contributed by atoms with Gasteiger partial charge in [0.1, 0.15) is 11.9 Å². The molecule has 1 aliphatic rings. The minimum absolute atomic E-state index is 0.0140.